The maximum Gasteiger partial charge on any atom is 0.237 e. The van der Waals surface area contributed by atoms with Crippen molar-refractivity contribution in [3.05, 3.63) is 0 Å². The van der Waals surface area contributed by atoms with Gasteiger partial charge in [0, 0.05) is 5.92 Å². The van der Waals surface area contributed by atoms with Crippen LogP contribution in [0.15, 0.2) is 0 Å². The van der Waals surface area contributed by atoms with Crippen LogP contribution in [0.25, 0.3) is 0 Å². The zero-order chi connectivity index (χ0) is 15.3. The van der Waals surface area contributed by atoms with Gasteiger partial charge in [-0.15, -0.1) is 0 Å². The molecule has 3 atom stereocenters. The molecule has 1 rings (SSSR count). The van der Waals surface area contributed by atoms with Gasteiger partial charge >= 0.3 is 0 Å². The van der Waals surface area contributed by atoms with Crippen molar-refractivity contribution in [1.82, 2.24) is 5.32 Å². The molecule has 1 aliphatic heterocycles. The van der Waals surface area contributed by atoms with Crippen LogP contribution in [0.2, 0.25) is 0 Å². The molecular weight excluding hydrogens is 256 g/mol. The van der Waals surface area contributed by atoms with Gasteiger partial charge in [-0.3, -0.25) is 9.59 Å². The van der Waals surface area contributed by atoms with Crippen molar-refractivity contribution in [1.29, 1.82) is 0 Å². The summed E-state index contributed by atoms with van der Waals surface area (Å²) in [6, 6.07) is -1.02. The van der Waals surface area contributed by atoms with Crippen LogP contribution < -0.4 is 11.1 Å². The number of hydrogen-bond donors (Lipinski definition) is 2. The molecule has 0 aromatic heterocycles. The first kappa shape index (κ1) is 17.1. The SMILES string of the molecule is CCCC1COCC(=O)C1NC(=O)[C@@H](N)CC(C)(C)C. The van der Waals surface area contributed by atoms with Crippen molar-refractivity contribution in [2.45, 2.75) is 59.0 Å². The number of ketones is 1. The minimum absolute atomic E-state index is 0.0146. The average molecular weight is 284 g/mol. The Morgan fingerprint density at radius 2 is 2.15 bits per heavy atom. The Hall–Kier alpha value is -0.940. The van der Waals surface area contributed by atoms with E-state index >= 15 is 0 Å². The first-order chi connectivity index (χ1) is 9.24. The lowest BCUT2D eigenvalue weighted by Gasteiger charge is -2.32. The van der Waals surface area contributed by atoms with Crippen LogP contribution in [0.3, 0.4) is 0 Å². The van der Waals surface area contributed by atoms with Crippen LogP contribution in [0.5, 0.6) is 0 Å². The number of rotatable bonds is 5. The molecule has 1 saturated heterocycles. The lowest BCUT2D eigenvalue weighted by Crippen LogP contribution is -2.55. The summed E-state index contributed by atoms with van der Waals surface area (Å²) < 4.78 is 5.27. The van der Waals surface area contributed by atoms with Gasteiger partial charge in [-0.2, -0.15) is 0 Å². The summed E-state index contributed by atoms with van der Waals surface area (Å²) in [5, 5.41) is 2.83. The number of carbonyl (C=O) groups excluding carboxylic acids is 2. The molecule has 2 unspecified atom stereocenters. The Bertz CT molecular complexity index is 348. The number of hydrogen-bond acceptors (Lipinski definition) is 4. The van der Waals surface area contributed by atoms with E-state index in [9.17, 15) is 9.59 Å². The Balaban J connectivity index is 2.63. The normalized spacial score (nSPS) is 25.4. The Labute approximate surface area is 121 Å². The Morgan fingerprint density at radius 1 is 1.50 bits per heavy atom. The van der Waals surface area contributed by atoms with Crippen LogP contribution in [-0.2, 0) is 14.3 Å². The van der Waals surface area contributed by atoms with Gasteiger partial charge in [0.2, 0.25) is 5.91 Å². The van der Waals surface area contributed by atoms with Gasteiger partial charge in [0.1, 0.15) is 6.61 Å². The number of ether oxygens (including phenoxy) is 1. The predicted octanol–water partition coefficient (Wildman–Crippen LogP) is 1.25. The molecule has 1 aliphatic rings. The highest BCUT2D eigenvalue weighted by Gasteiger charge is 2.34. The zero-order valence-electron chi connectivity index (χ0n) is 13.1. The van der Waals surface area contributed by atoms with E-state index in [1.807, 2.05) is 20.8 Å². The van der Waals surface area contributed by atoms with Crippen LogP contribution in [0.4, 0.5) is 0 Å². The van der Waals surface area contributed by atoms with Crippen LogP contribution in [0.1, 0.15) is 47.0 Å². The molecule has 1 amide bonds. The molecule has 0 aromatic rings. The van der Waals surface area contributed by atoms with E-state index < -0.39 is 12.1 Å². The average Bonchev–Trinajstić information content (AvgIpc) is 2.31. The summed E-state index contributed by atoms with van der Waals surface area (Å²) in [5.41, 5.74) is 5.92. The smallest absolute Gasteiger partial charge is 0.237 e. The first-order valence-electron chi connectivity index (χ1n) is 7.41. The van der Waals surface area contributed by atoms with Gasteiger partial charge < -0.3 is 15.8 Å². The van der Waals surface area contributed by atoms with E-state index in [2.05, 4.69) is 12.2 Å². The van der Waals surface area contributed by atoms with E-state index in [1.54, 1.807) is 0 Å². The third-order valence-electron chi connectivity index (χ3n) is 3.52. The number of carbonyl (C=O) groups is 2. The van der Waals surface area contributed by atoms with Gasteiger partial charge in [-0.1, -0.05) is 34.1 Å². The molecule has 1 fully saturated rings. The molecule has 0 saturated carbocycles. The summed E-state index contributed by atoms with van der Waals surface area (Å²) in [5.74, 6) is -0.223. The second kappa shape index (κ2) is 7.18. The molecule has 0 radical (unpaired) electrons. The molecule has 116 valence electrons. The number of amides is 1. The maximum absolute atomic E-state index is 12.2. The van der Waals surface area contributed by atoms with E-state index in [0.717, 1.165) is 12.8 Å². The molecule has 3 N–H and O–H groups in total. The van der Waals surface area contributed by atoms with E-state index in [1.165, 1.54) is 0 Å². The molecule has 0 aliphatic carbocycles. The second-order valence-electron chi connectivity index (χ2n) is 6.89. The third-order valence-corrected chi connectivity index (χ3v) is 3.52. The fourth-order valence-corrected chi connectivity index (χ4v) is 2.59. The topological polar surface area (TPSA) is 81.4 Å². The van der Waals surface area contributed by atoms with E-state index in [4.69, 9.17) is 10.5 Å². The van der Waals surface area contributed by atoms with Crippen molar-refractivity contribution < 1.29 is 14.3 Å². The predicted molar refractivity (Wildman–Crippen MR) is 78.2 cm³/mol. The highest BCUT2D eigenvalue weighted by atomic mass is 16.5. The summed E-state index contributed by atoms with van der Waals surface area (Å²) in [4.78, 5) is 24.1. The number of nitrogens with one attached hydrogen (secondary N) is 1. The lowest BCUT2D eigenvalue weighted by molar-refractivity contribution is -0.138. The fourth-order valence-electron chi connectivity index (χ4n) is 2.59. The summed E-state index contributed by atoms with van der Waals surface area (Å²) in [6.45, 7) is 8.79. The van der Waals surface area contributed by atoms with E-state index in [0.29, 0.717) is 13.0 Å². The second-order valence-corrected chi connectivity index (χ2v) is 6.89. The van der Waals surface area contributed by atoms with Crippen molar-refractivity contribution in [3.63, 3.8) is 0 Å². The Morgan fingerprint density at radius 3 is 2.70 bits per heavy atom. The molecule has 0 spiro atoms. The Kier molecular flexibility index (Phi) is 6.14. The van der Waals surface area contributed by atoms with E-state index in [-0.39, 0.29) is 29.6 Å². The van der Waals surface area contributed by atoms with Gasteiger partial charge in [-0.05, 0) is 18.3 Å². The summed E-state index contributed by atoms with van der Waals surface area (Å²) in [6.07, 6.45) is 2.42. The number of nitrogens with two attached hydrogens (primary N) is 1. The van der Waals surface area contributed by atoms with Gasteiger partial charge in [-0.25, -0.2) is 0 Å². The fraction of sp³-hybridized carbons (Fsp3) is 0.867. The minimum Gasteiger partial charge on any atom is -0.373 e. The quantitative estimate of drug-likeness (QED) is 0.796. The third kappa shape index (κ3) is 5.21. The van der Waals surface area contributed by atoms with Gasteiger partial charge in [0.05, 0.1) is 18.7 Å². The molecule has 5 nitrogen and oxygen atoms in total. The molecule has 0 aromatic carbocycles. The summed E-state index contributed by atoms with van der Waals surface area (Å²) >= 11 is 0. The molecule has 0 bridgehead atoms. The molecule has 20 heavy (non-hydrogen) atoms. The van der Waals surface area contributed by atoms with Crippen molar-refractivity contribution in [2.75, 3.05) is 13.2 Å². The summed E-state index contributed by atoms with van der Waals surface area (Å²) in [7, 11) is 0. The maximum atomic E-state index is 12.2. The molecular formula is C15H28N2O3. The largest absolute Gasteiger partial charge is 0.373 e. The lowest BCUT2D eigenvalue weighted by atomic mass is 9.87. The standard InChI is InChI=1S/C15H28N2O3/c1-5-6-10-8-20-9-12(18)13(10)17-14(19)11(16)7-15(2,3)4/h10-11,13H,5-9,16H2,1-4H3,(H,17,19)/t10?,11-,13?/m0/s1. The minimum atomic E-state index is -0.576. The van der Waals surface area contributed by atoms with Crippen LogP contribution >= 0.6 is 0 Å². The number of Topliss-reactive ketones (excluding diaryl/α,β-unsaturated/α-hetero) is 1. The van der Waals surface area contributed by atoms with Crippen LogP contribution in [-0.4, -0.2) is 37.0 Å². The van der Waals surface area contributed by atoms with Crippen molar-refractivity contribution >= 4 is 11.7 Å². The van der Waals surface area contributed by atoms with Crippen molar-refractivity contribution in [2.24, 2.45) is 17.1 Å². The molecule has 1 heterocycles. The highest BCUT2D eigenvalue weighted by molar-refractivity contribution is 5.92. The van der Waals surface area contributed by atoms with Crippen LogP contribution in [0, 0.1) is 11.3 Å². The van der Waals surface area contributed by atoms with Gasteiger partial charge in [0.25, 0.3) is 0 Å². The molecule has 5 heteroatoms. The highest BCUT2D eigenvalue weighted by Crippen LogP contribution is 2.21. The zero-order valence-corrected chi connectivity index (χ0v) is 13.1. The van der Waals surface area contributed by atoms with Gasteiger partial charge in [0.15, 0.2) is 5.78 Å². The monoisotopic (exact) mass is 284 g/mol. The first-order valence-corrected chi connectivity index (χ1v) is 7.41. The van der Waals surface area contributed by atoms with Crippen molar-refractivity contribution in [3.8, 4) is 0 Å².